The highest BCUT2D eigenvalue weighted by Crippen LogP contribution is 2.07. The molecule has 4 nitrogen and oxygen atoms in total. The highest BCUT2D eigenvalue weighted by Gasteiger charge is 2.09. The van der Waals surface area contributed by atoms with Crippen molar-refractivity contribution in [2.45, 2.75) is 6.42 Å². The second-order valence-electron chi connectivity index (χ2n) is 3.16. The first-order valence-electron chi connectivity index (χ1n) is 4.53. The molecule has 0 aliphatic carbocycles. The summed E-state index contributed by atoms with van der Waals surface area (Å²) in [5, 5.41) is 0. The van der Waals surface area contributed by atoms with Crippen LogP contribution >= 0.6 is 0 Å². The van der Waals surface area contributed by atoms with E-state index in [2.05, 4.69) is 4.98 Å². The van der Waals surface area contributed by atoms with Crippen molar-refractivity contribution in [3.63, 3.8) is 0 Å². The molecule has 0 aliphatic heterocycles. The van der Waals surface area contributed by atoms with Crippen LogP contribution in [0.4, 0.5) is 5.69 Å². The van der Waals surface area contributed by atoms with Crippen LogP contribution in [0.15, 0.2) is 41.1 Å². The molecule has 0 spiro atoms. The molecule has 0 saturated heterocycles. The third-order valence-corrected chi connectivity index (χ3v) is 1.99. The van der Waals surface area contributed by atoms with Gasteiger partial charge in [0.25, 0.3) is 0 Å². The van der Waals surface area contributed by atoms with Gasteiger partial charge in [0.2, 0.25) is 0 Å². The minimum Gasteiger partial charge on any atom is -0.469 e. The first-order chi connectivity index (χ1) is 7.25. The molecule has 0 radical (unpaired) electrons. The molecular formula is C11H10N2O2. The van der Waals surface area contributed by atoms with Gasteiger partial charge in [0, 0.05) is 0 Å². The Labute approximate surface area is 86.7 Å². The third kappa shape index (κ3) is 2.22. The van der Waals surface area contributed by atoms with Gasteiger partial charge < -0.3 is 10.2 Å². The van der Waals surface area contributed by atoms with Crippen LogP contribution < -0.4 is 5.73 Å². The Balaban J connectivity index is 2.11. The summed E-state index contributed by atoms with van der Waals surface area (Å²) in [4.78, 5) is 15.6. The number of rotatable bonds is 3. The van der Waals surface area contributed by atoms with Gasteiger partial charge >= 0.3 is 0 Å². The smallest absolute Gasteiger partial charge is 0.188 e. The van der Waals surface area contributed by atoms with Crippen molar-refractivity contribution < 1.29 is 9.21 Å². The van der Waals surface area contributed by atoms with E-state index in [1.54, 1.807) is 30.5 Å². The second kappa shape index (κ2) is 3.96. The molecule has 0 amide bonds. The van der Waals surface area contributed by atoms with Crippen molar-refractivity contribution >= 4 is 11.5 Å². The Kier molecular flexibility index (Phi) is 2.49. The summed E-state index contributed by atoms with van der Waals surface area (Å²) in [6, 6.07) is 6.78. The topological polar surface area (TPSA) is 69.1 Å². The molecule has 2 heterocycles. The fraction of sp³-hybridized carbons (Fsp3) is 0.0909. The van der Waals surface area contributed by atoms with E-state index < -0.39 is 0 Å². The van der Waals surface area contributed by atoms with Crippen molar-refractivity contribution in [1.29, 1.82) is 0 Å². The normalized spacial score (nSPS) is 10.1. The maximum Gasteiger partial charge on any atom is 0.188 e. The third-order valence-electron chi connectivity index (χ3n) is 1.99. The lowest BCUT2D eigenvalue weighted by Gasteiger charge is -1.98. The van der Waals surface area contributed by atoms with Crippen molar-refractivity contribution in [2.75, 3.05) is 5.73 Å². The second-order valence-corrected chi connectivity index (χ2v) is 3.16. The number of Topliss-reactive ketones (excluding diaryl/α,β-unsaturated/α-hetero) is 1. The Bertz CT molecular complexity index is 446. The van der Waals surface area contributed by atoms with Crippen LogP contribution in [-0.4, -0.2) is 10.8 Å². The van der Waals surface area contributed by atoms with Crippen molar-refractivity contribution in [2.24, 2.45) is 0 Å². The molecule has 0 atom stereocenters. The number of nitrogens with two attached hydrogens (primary N) is 1. The Morgan fingerprint density at radius 1 is 1.40 bits per heavy atom. The molecule has 0 fully saturated rings. The number of ketones is 1. The largest absolute Gasteiger partial charge is 0.469 e. The van der Waals surface area contributed by atoms with Crippen LogP contribution in [0.1, 0.15) is 16.2 Å². The quantitative estimate of drug-likeness (QED) is 0.769. The van der Waals surface area contributed by atoms with Crippen LogP contribution in [0.5, 0.6) is 0 Å². The molecule has 4 heteroatoms. The monoisotopic (exact) mass is 202 g/mol. The van der Waals surface area contributed by atoms with Gasteiger partial charge in [-0.15, -0.1) is 0 Å². The zero-order valence-electron chi connectivity index (χ0n) is 8.01. The average molecular weight is 202 g/mol. The number of aromatic nitrogens is 1. The molecule has 2 N–H and O–H groups in total. The molecule has 76 valence electrons. The number of nitrogens with zero attached hydrogens (tertiary/aromatic N) is 1. The lowest BCUT2D eigenvalue weighted by atomic mass is 10.1. The summed E-state index contributed by atoms with van der Waals surface area (Å²) < 4.78 is 5.08. The molecule has 0 unspecified atom stereocenters. The summed E-state index contributed by atoms with van der Waals surface area (Å²) in [6.45, 7) is 0. The Hall–Kier alpha value is -2.10. The summed E-state index contributed by atoms with van der Waals surface area (Å²) in [5.74, 6) is 0.559. The van der Waals surface area contributed by atoms with Gasteiger partial charge in [-0.05, 0) is 24.3 Å². The van der Waals surface area contributed by atoms with Crippen LogP contribution in [0.25, 0.3) is 0 Å². The zero-order chi connectivity index (χ0) is 10.7. The van der Waals surface area contributed by atoms with Crippen molar-refractivity contribution in [3.05, 3.63) is 48.2 Å². The molecule has 2 aromatic rings. The summed E-state index contributed by atoms with van der Waals surface area (Å²) in [7, 11) is 0. The molecule has 2 rings (SSSR count). The van der Waals surface area contributed by atoms with Crippen molar-refractivity contribution in [1.82, 2.24) is 4.98 Å². The molecular weight excluding hydrogens is 192 g/mol. The number of carbonyl (C=O) groups excluding carboxylic acids is 1. The van der Waals surface area contributed by atoms with E-state index in [9.17, 15) is 4.79 Å². The summed E-state index contributed by atoms with van der Waals surface area (Å²) >= 11 is 0. The molecule has 0 bridgehead atoms. The number of hydrogen-bond acceptors (Lipinski definition) is 4. The maximum atomic E-state index is 11.7. The number of anilines is 1. The SMILES string of the molecule is Nc1ccc(C(=O)Cc2ccco2)nc1. The molecule has 2 aromatic heterocycles. The first-order valence-corrected chi connectivity index (χ1v) is 4.53. The summed E-state index contributed by atoms with van der Waals surface area (Å²) in [5.41, 5.74) is 6.42. The highest BCUT2D eigenvalue weighted by molar-refractivity contribution is 5.95. The van der Waals surface area contributed by atoms with E-state index in [1.807, 2.05) is 0 Å². The van der Waals surface area contributed by atoms with Gasteiger partial charge in [0.15, 0.2) is 5.78 Å². The fourth-order valence-corrected chi connectivity index (χ4v) is 1.23. The molecule has 0 aliphatic rings. The van der Waals surface area contributed by atoms with E-state index in [0.29, 0.717) is 17.1 Å². The Morgan fingerprint density at radius 3 is 2.87 bits per heavy atom. The minimum atomic E-state index is -0.0787. The highest BCUT2D eigenvalue weighted by atomic mass is 16.3. The lowest BCUT2D eigenvalue weighted by molar-refractivity contribution is 0.0982. The van der Waals surface area contributed by atoms with Crippen LogP contribution in [0.2, 0.25) is 0 Å². The number of furan rings is 1. The van der Waals surface area contributed by atoms with Crippen LogP contribution in [0.3, 0.4) is 0 Å². The van der Waals surface area contributed by atoms with Gasteiger partial charge in [-0.1, -0.05) is 0 Å². The van der Waals surface area contributed by atoms with E-state index in [-0.39, 0.29) is 12.2 Å². The minimum absolute atomic E-state index is 0.0787. The molecule has 15 heavy (non-hydrogen) atoms. The molecule has 0 aromatic carbocycles. The number of carbonyl (C=O) groups is 1. The fourth-order valence-electron chi connectivity index (χ4n) is 1.23. The van der Waals surface area contributed by atoms with Crippen LogP contribution in [0, 0.1) is 0 Å². The predicted octanol–water partition coefficient (Wildman–Crippen LogP) is 1.68. The van der Waals surface area contributed by atoms with E-state index in [4.69, 9.17) is 10.2 Å². The lowest BCUT2D eigenvalue weighted by Crippen LogP contribution is -2.05. The number of hydrogen-bond donors (Lipinski definition) is 1. The number of pyridine rings is 1. The first kappa shape index (κ1) is 9.45. The van der Waals surface area contributed by atoms with E-state index >= 15 is 0 Å². The molecule has 0 saturated carbocycles. The standard InChI is InChI=1S/C11H10N2O2/c12-8-3-4-10(13-7-8)11(14)6-9-2-1-5-15-9/h1-5,7H,6,12H2. The van der Waals surface area contributed by atoms with Gasteiger partial charge in [-0.25, -0.2) is 0 Å². The number of nitrogen functional groups attached to an aromatic ring is 1. The van der Waals surface area contributed by atoms with E-state index in [0.717, 1.165) is 0 Å². The zero-order valence-corrected chi connectivity index (χ0v) is 8.01. The average Bonchev–Trinajstić information content (AvgIpc) is 2.71. The van der Waals surface area contributed by atoms with Gasteiger partial charge in [0.1, 0.15) is 11.5 Å². The summed E-state index contributed by atoms with van der Waals surface area (Å²) in [6.07, 6.45) is 3.23. The van der Waals surface area contributed by atoms with Crippen LogP contribution in [-0.2, 0) is 6.42 Å². The Morgan fingerprint density at radius 2 is 2.27 bits per heavy atom. The van der Waals surface area contributed by atoms with Gasteiger partial charge in [-0.3, -0.25) is 9.78 Å². The van der Waals surface area contributed by atoms with Gasteiger partial charge in [0.05, 0.1) is 24.6 Å². The van der Waals surface area contributed by atoms with E-state index in [1.165, 1.54) is 6.20 Å². The predicted molar refractivity (Wildman–Crippen MR) is 55.4 cm³/mol. The van der Waals surface area contributed by atoms with Crippen molar-refractivity contribution in [3.8, 4) is 0 Å². The van der Waals surface area contributed by atoms with Gasteiger partial charge in [-0.2, -0.15) is 0 Å². The maximum absolute atomic E-state index is 11.7.